The largest absolute Gasteiger partial charge is 0.447 e. The van der Waals surface area contributed by atoms with E-state index in [1.54, 1.807) is 18.2 Å². The number of alkyl carbamates (subject to hydrolysis) is 1. The Morgan fingerprint density at radius 2 is 1.90 bits per heavy atom. The highest BCUT2D eigenvalue weighted by molar-refractivity contribution is 9.10. The van der Waals surface area contributed by atoms with Crippen molar-refractivity contribution in [2.45, 2.75) is 71.3 Å². The lowest BCUT2D eigenvalue weighted by molar-refractivity contribution is 0.0492. The van der Waals surface area contributed by atoms with E-state index in [1.807, 2.05) is 37.6 Å². The van der Waals surface area contributed by atoms with Crippen LogP contribution >= 0.6 is 15.9 Å². The summed E-state index contributed by atoms with van der Waals surface area (Å²) in [4.78, 5) is 29.6. The van der Waals surface area contributed by atoms with Crippen LogP contribution in [0.1, 0.15) is 39.1 Å². The van der Waals surface area contributed by atoms with E-state index >= 15 is 0 Å². The number of hydrogen-bond donors (Lipinski definition) is 2. The molecule has 0 aliphatic heterocycles. The molecule has 0 aliphatic carbocycles. The zero-order chi connectivity index (χ0) is 29.9. The van der Waals surface area contributed by atoms with Crippen molar-refractivity contribution in [3.05, 3.63) is 47.3 Å². The minimum absolute atomic E-state index is 0.158. The Hall–Kier alpha value is -2.67. The molecule has 0 saturated heterocycles. The van der Waals surface area contributed by atoms with Crippen LogP contribution < -0.4 is 10.6 Å². The van der Waals surface area contributed by atoms with Gasteiger partial charge in [0.1, 0.15) is 24.8 Å². The fourth-order valence-electron chi connectivity index (χ4n) is 3.50. The van der Waals surface area contributed by atoms with Gasteiger partial charge in [0.2, 0.25) is 0 Å². The first-order valence-electron chi connectivity index (χ1n) is 13.2. The van der Waals surface area contributed by atoms with Crippen molar-refractivity contribution in [1.29, 1.82) is 0 Å². The van der Waals surface area contributed by atoms with Crippen molar-refractivity contribution in [2.75, 3.05) is 32.2 Å². The average Bonchev–Trinajstić information content (AvgIpc) is 3.24. The number of methoxy groups -OCH3 is 1. The van der Waals surface area contributed by atoms with Crippen LogP contribution in [0.3, 0.4) is 0 Å². The topological polar surface area (TPSA) is 113 Å². The van der Waals surface area contributed by atoms with Crippen LogP contribution in [0.15, 0.2) is 41.5 Å². The molecule has 2 rings (SSSR count). The lowest BCUT2D eigenvalue weighted by Gasteiger charge is -2.23. The number of anilines is 1. The molecule has 1 aromatic heterocycles. The van der Waals surface area contributed by atoms with E-state index in [0.717, 1.165) is 16.1 Å². The number of benzene rings is 1. The van der Waals surface area contributed by atoms with Crippen LogP contribution in [0, 0.1) is 0 Å². The third-order valence-electron chi connectivity index (χ3n) is 5.45. The summed E-state index contributed by atoms with van der Waals surface area (Å²) in [7, 11) is 0.280. The van der Waals surface area contributed by atoms with E-state index in [-0.39, 0.29) is 13.3 Å². The number of nitrogens with one attached hydrogen (secondary N) is 2. The van der Waals surface area contributed by atoms with E-state index in [9.17, 15) is 9.59 Å². The standard InChI is InChI=1S/C28H43BrN4O6Si/c1-9-10-23(32-27(35)39-28(2,3)4)25-31-24(18-33(25)19-37-15-16-40(6,7)8)21-12-11-20(17-22(21)29)30-26(34)38-14-13-36-5/h9,11-12,17-18,23H,1,10,13-16,19H2,2-8H3,(H,30,34)(H,32,35). The fraction of sp³-hybridized carbons (Fsp3) is 0.536. The van der Waals surface area contributed by atoms with E-state index in [2.05, 4.69) is 52.8 Å². The molecule has 2 N–H and O–H groups in total. The van der Waals surface area contributed by atoms with Crippen LogP contribution in [-0.2, 0) is 25.7 Å². The maximum atomic E-state index is 12.6. The molecule has 0 spiro atoms. The first-order chi connectivity index (χ1) is 18.7. The summed E-state index contributed by atoms with van der Waals surface area (Å²) in [6.07, 6.45) is 2.96. The first kappa shape index (κ1) is 33.5. The first-order valence-corrected chi connectivity index (χ1v) is 17.7. The lowest BCUT2D eigenvalue weighted by Crippen LogP contribution is -2.36. The number of carbonyl (C=O) groups is 2. The van der Waals surface area contributed by atoms with Gasteiger partial charge in [0.25, 0.3) is 0 Å². The Labute approximate surface area is 246 Å². The van der Waals surface area contributed by atoms with E-state index in [4.69, 9.17) is 23.9 Å². The van der Waals surface area contributed by atoms with Gasteiger partial charge in [0.05, 0.1) is 18.3 Å². The predicted octanol–water partition coefficient (Wildman–Crippen LogP) is 6.96. The number of aromatic nitrogens is 2. The Bertz CT molecular complexity index is 1140. The van der Waals surface area contributed by atoms with Crippen molar-refractivity contribution in [2.24, 2.45) is 0 Å². The zero-order valence-electron chi connectivity index (χ0n) is 24.6. The van der Waals surface area contributed by atoms with Gasteiger partial charge in [-0.2, -0.15) is 0 Å². The van der Waals surface area contributed by atoms with Gasteiger partial charge in [-0.1, -0.05) is 41.6 Å². The number of halogens is 1. The van der Waals surface area contributed by atoms with E-state index in [0.29, 0.717) is 36.8 Å². The highest BCUT2D eigenvalue weighted by Crippen LogP contribution is 2.32. The maximum Gasteiger partial charge on any atom is 0.411 e. The molecule has 0 bridgehead atoms. The second-order valence-corrected chi connectivity index (χ2v) is 17.9. The molecule has 0 aliphatic rings. The number of ether oxygens (including phenoxy) is 4. The molecule has 1 aromatic carbocycles. The van der Waals surface area contributed by atoms with Gasteiger partial charge in [-0.25, -0.2) is 14.6 Å². The SMILES string of the molecule is C=CCC(NC(=O)OC(C)(C)C)c1nc(-c2ccc(NC(=O)OCCOC)cc2Br)cn1COCC[Si](C)(C)C. The van der Waals surface area contributed by atoms with Crippen LogP contribution in [0.2, 0.25) is 25.7 Å². The third-order valence-corrected chi connectivity index (χ3v) is 7.81. The number of amides is 2. The lowest BCUT2D eigenvalue weighted by atomic mass is 10.1. The summed E-state index contributed by atoms with van der Waals surface area (Å²) in [6, 6.07) is 5.94. The number of nitrogens with zero attached hydrogens (tertiary/aromatic N) is 2. The molecule has 1 atom stereocenters. The molecule has 1 unspecified atom stereocenters. The Morgan fingerprint density at radius 1 is 1.18 bits per heavy atom. The summed E-state index contributed by atoms with van der Waals surface area (Å²) in [5.41, 5.74) is 1.39. The Morgan fingerprint density at radius 3 is 2.50 bits per heavy atom. The molecule has 40 heavy (non-hydrogen) atoms. The number of carbonyl (C=O) groups excluding carboxylic acids is 2. The second-order valence-electron chi connectivity index (χ2n) is 11.5. The normalized spacial score (nSPS) is 12.5. The second kappa shape index (κ2) is 15.4. The molecule has 222 valence electrons. The summed E-state index contributed by atoms with van der Waals surface area (Å²) in [6.45, 7) is 17.6. The molecule has 10 nitrogen and oxygen atoms in total. The van der Waals surface area contributed by atoms with Gasteiger partial charge in [-0.05, 0) is 51.4 Å². The maximum absolute atomic E-state index is 12.6. The molecular formula is C28H43BrN4O6Si. The highest BCUT2D eigenvalue weighted by Gasteiger charge is 2.25. The van der Waals surface area contributed by atoms with E-state index < -0.39 is 31.9 Å². The molecule has 12 heteroatoms. The summed E-state index contributed by atoms with van der Waals surface area (Å²) >= 11 is 3.60. The van der Waals surface area contributed by atoms with Gasteiger partial charge in [-0.3, -0.25) is 5.32 Å². The molecule has 2 aromatic rings. The molecule has 2 amide bonds. The molecular weight excluding hydrogens is 596 g/mol. The van der Waals surface area contributed by atoms with Crippen LogP contribution in [0.4, 0.5) is 15.3 Å². The van der Waals surface area contributed by atoms with Crippen molar-refractivity contribution >= 4 is 41.9 Å². The third kappa shape index (κ3) is 11.8. The summed E-state index contributed by atoms with van der Waals surface area (Å²) < 4.78 is 24.1. The molecule has 0 radical (unpaired) electrons. The van der Waals surface area contributed by atoms with Gasteiger partial charge >= 0.3 is 12.2 Å². The van der Waals surface area contributed by atoms with Crippen molar-refractivity contribution in [1.82, 2.24) is 14.9 Å². The van der Waals surface area contributed by atoms with E-state index in [1.165, 1.54) is 7.11 Å². The Kier molecular flexibility index (Phi) is 12.9. The molecule has 0 saturated carbocycles. The summed E-state index contributed by atoms with van der Waals surface area (Å²) in [5.74, 6) is 0.615. The van der Waals surface area contributed by atoms with Gasteiger partial charge in [-0.15, -0.1) is 6.58 Å². The summed E-state index contributed by atoms with van der Waals surface area (Å²) in [5, 5.41) is 5.63. The van der Waals surface area contributed by atoms with Crippen molar-refractivity contribution < 1.29 is 28.5 Å². The van der Waals surface area contributed by atoms with Crippen molar-refractivity contribution in [3.8, 4) is 11.3 Å². The average molecular weight is 640 g/mol. The predicted molar refractivity (Wildman–Crippen MR) is 163 cm³/mol. The van der Waals surface area contributed by atoms with Crippen LogP contribution in [-0.4, -0.2) is 62.3 Å². The van der Waals surface area contributed by atoms with Gasteiger partial charge < -0.3 is 28.8 Å². The van der Waals surface area contributed by atoms with Crippen LogP contribution in [0.25, 0.3) is 11.3 Å². The zero-order valence-corrected chi connectivity index (χ0v) is 27.2. The highest BCUT2D eigenvalue weighted by atomic mass is 79.9. The minimum atomic E-state index is -1.26. The van der Waals surface area contributed by atoms with Gasteiger partial charge in [0.15, 0.2) is 0 Å². The molecule has 0 fully saturated rings. The number of imidazole rings is 1. The Balaban J connectivity index is 2.34. The monoisotopic (exact) mass is 638 g/mol. The van der Waals surface area contributed by atoms with Gasteiger partial charge in [0, 0.05) is 43.7 Å². The molecule has 1 heterocycles. The minimum Gasteiger partial charge on any atom is -0.447 e. The van der Waals surface area contributed by atoms with Crippen molar-refractivity contribution in [3.63, 3.8) is 0 Å². The number of rotatable bonds is 14. The smallest absolute Gasteiger partial charge is 0.411 e. The quantitative estimate of drug-likeness (QED) is 0.131. The van der Waals surface area contributed by atoms with Crippen LogP contribution in [0.5, 0.6) is 0 Å². The number of hydrogen-bond acceptors (Lipinski definition) is 7. The fourth-order valence-corrected chi connectivity index (χ4v) is 4.84.